The summed E-state index contributed by atoms with van der Waals surface area (Å²) in [5, 5.41) is 9.67. The van der Waals surface area contributed by atoms with E-state index in [0.29, 0.717) is 5.56 Å². The van der Waals surface area contributed by atoms with Crippen LogP contribution in [0.4, 0.5) is 4.39 Å². The predicted molar refractivity (Wildman–Crippen MR) is 52.1 cm³/mol. The molecule has 1 aliphatic rings. The van der Waals surface area contributed by atoms with Crippen molar-refractivity contribution in [2.24, 2.45) is 0 Å². The van der Waals surface area contributed by atoms with E-state index in [2.05, 4.69) is 11.8 Å². The minimum Gasteiger partial charge on any atom is -0.378 e. The van der Waals surface area contributed by atoms with E-state index < -0.39 is 5.60 Å². The number of hydrogen-bond donors (Lipinski definition) is 1. The van der Waals surface area contributed by atoms with E-state index in [1.54, 1.807) is 12.1 Å². The first kappa shape index (κ1) is 9.23. The molecule has 0 aromatic heterocycles. The van der Waals surface area contributed by atoms with Gasteiger partial charge >= 0.3 is 0 Å². The maximum atomic E-state index is 12.8. The summed E-state index contributed by atoms with van der Waals surface area (Å²) in [7, 11) is 0. The van der Waals surface area contributed by atoms with Crippen LogP contribution in [0.5, 0.6) is 0 Å². The monoisotopic (exact) mass is 190 g/mol. The molecule has 0 atom stereocenters. The highest BCUT2D eigenvalue weighted by Crippen LogP contribution is 2.30. The van der Waals surface area contributed by atoms with Crippen molar-refractivity contribution < 1.29 is 9.50 Å². The number of halogens is 1. The summed E-state index contributed by atoms with van der Waals surface area (Å²) in [6.45, 7) is 0. The van der Waals surface area contributed by atoms with Crippen molar-refractivity contribution >= 4 is 0 Å². The zero-order valence-electron chi connectivity index (χ0n) is 7.76. The van der Waals surface area contributed by atoms with Gasteiger partial charge in [0.2, 0.25) is 0 Å². The van der Waals surface area contributed by atoms with Crippen molar-refractivity contribution in [2.75, 3.05) is 0 Å². The second kappa shape index (κ2) is 3.43. The first-order valence-electron chi connectivity index (χ1n) is 4.69. The van der Waals surface area contributed by atoms with Crippen LogP contribution in [-0.4, -0.2) is 10.7 Å². The van der Waals surface area contributed by atoms with Gasteiger partial charge in [0.25, 0.3) is 0 Å². The average molecular weight is 190 g/mol. The molecule has 0 heterocycles. The molecular formula is C12H11FO. The third kappa shape index (κ3) is 1.94. The van der Waals surface area contributed by atoms with Gasteiger partial charge in [-0.05, 0) is 37.5 Å². The average Bonchev–Trinajstić information content (AvgIpc) is 2.12. The van der Waals surface area contributed by atoms with E-state index in [4.69, 9.17) is 0 Å². The van der Waals surface area contributed by atoms with Gasteiger partial charge in [-0.15, -0.1) is 0 Å². The SMILES string of the molecule is OC1(C#Cc2cccc(F)c2)CCC1. The van der Waals surface area contributed by atoms with Gasteiger partial charge in [0.15, 0.2) is 0 Å². The Morgan fingerprint density at radius 3 is 2.71 bits per heavy atom. The molecule has 1 aromatic rings. The standard InChI is InChI=1S/C12H11FO/c13-11-4-1-3-10(9-11)5-8-12(14)6-2-7-12/h1,3-4,9,14H,2,6-7H2. The Kier molecular flexibility index (Phi) is 2.26. The second-order valence-electron chi connectivity index (χ2n) is 3.65. The van der Waals surface area contributed by atoms with E-state index in [-0.39, 0.29) is 5.82 Å². The van der Waals surface area contributed by atoms with Crippen molar-refractivity contribution in [2.45, 2.75) is 24.9 Å². The lowest BCUT2D eigenvalue weighted by Gasteiger charge is -2.30. The van der Waals surface area contributed by atoms with Crippen LogP contribution >= 0.6 is 0 Å². The molecule has 1 fully saturated rings. The Hall–Kier alpha value is -1.33. The Labute approximate surface area is 82.6 Å². The molecule has 1 N–H and O–H groups in total. The lowest BCUT2D eigenvalue weighted by Crippen LogP contribution is -2.34. The van der Waals surface area contributed by atoms with Crippen LogP contribution in [0.25, 0.3) is 0 Å². The van der Waals surface area contributed by atoms with Gasteiger partial charge in [0.1, 0.15) is 11.4 Å². The summed E-state index contributed by atoms with van der Waals surface area (Å²) >= 11 is 0. The van der Waals surface area contributed by atoms with Crippen LogP contribution in [0.15, 0.2) is 24.3 Å². The Morgan fingerprint density at radius 2 is 2.14 bits per heavy atom. The van der Waals surface area contributed by atoms with Gasteiger partial charge in [-0.3, -0.25) is 0 Å². The van der Waals surface area contributed by atoms with Gasteiger partial charge < -0.3 is 5.11 Å². The maximum absolute atomic E-state index is 12.8. The molecule has 0 bridgehead atoms. The molecule has 72 valence electrons. The second-order valence-corrected chi connectivity index (χ2v) is 3.65. The van der Waals surface area contributed by atoms with E-state index in [0.717, 1.165) is 19.3 Å². The molecule has 2 rings (SSSR count). The highest BCUT2D eigenvalue weighted by atomic mass is 19.1. The molecule has 0 aliphatic heterocycles. The van der Waals surface area contributed by atoms with Crippen molar-refractivity contribution in [3.63, 3.8) is 0 Å². The van der Waals surface area contributed by atoms with Crippen molar-refractivity contribution in [3.05, 3.63) is 35.6 Å². The van der Waals surface area contributed by atoms with Crippen LogP contribution in [-0.2, 0) is 0 Å². The van der Waals surface area contributed by atoms with Gasteiger partial charge in [0, 0.05) is 5.56 Å². The van der Waals surface area contributed by atoms with Gasteiger partial charge in [-0.2, -0.15) is 0 Å². The van der Waals surface area contributed by atoms with Crippen molar-refractivity contribution in [3.8, 4) is 11.8 Å². The van der Waals surface area contributed by atoms with Gasteiger partial charge in [-0.1, -0.05) is 17.9 Å². The van der Waals surface area contributed by atoms with E-state index in [1.165, 1.54) is 12.1 Å². The third-order valence-electron chi connectivity index (χ3n) is 2.44. The van der Waals surface area contributed by atoms with Crippen molar-refractivity contribution in [1.82, 2.24) is 0 Å². The zero-order chi connectivity index (χ0) is 10.0. The lowest BCUT2D eigenvalue weighted by atomic mass is 9.81. The van der Waals surface area contributed by atoms with Gasteiger partial charge in [-0.25, -0.2) is 4.39 Å². The summed E-state index contributed by atoms with van der Waals surface area (Å²) in [4.78, 5) is 0. The summed E-state index contributed by atoms with van der Waals surface area (Å²) in [6.07, 6.45) is 2.49. The Bertz CT molecular complexity index is 396. The smallest absolute Gasteiger partial charge is 0.125 e. The number of aliphatic hydroxyl groups is 1. The number of benzene rings is 1. The summed E-state index contributed by atoms with van der Waals surface area (Å²) < 4.78 is 12.8. The summed E-state index contributed by atoms with van der Waals surface area (Å²) in [5.41, 5.74) is -0.197. The highest BCUT2D eigenvalue weighted by Gasteiger charge is 2.31. The number of rotatable bonds is 0. The molecule has 2 heteroatoms. The Balaban J connectivity index is 2.17. The topological polar surface area (TPSA) is 20.2 Å². The predicted octanol–water partition coefficient (Wildman–Crippen LogP) is 2.09. The normalized spacial score (nSPS) is 17.9. The minimum absolute atomic E-state index is 0.294. The molecule has 0 spiro atoms. The number of hydrogen-bond acceptors (Lipinski definition) is 1. The molecule has 14 heavy (non-hydrogen) atoms. The van der Waals surface area contributed by atoms with Crippen LogP contribution in [0, 0.1) is 17.7 Å². The lowest BCUT2D eigenvalue weighted by molar-refractivity contribution is 0.0240. The fourth-order valence-corrected chi connectivity index (χ4v) is 1.39. The van der Waals surface area contributed by atoms with E-state index >= 15 is 0 Å². The molecule has 1 saturated carbocycles. The van der Waals surface area contributed by atoms with Gasteiger partial charge in [0.05, 0.1) is 0 Å². The molecule has 1 nitrogen and oxygen atoms in total. The Morgan fingerprint density at radius 1 is 1.36 bits per heavy atom. The third-order valence-corrected chi connectivity index (χ3v) is 2.44. The molecule has 1 aromatic carbocycles. The van der Waals surface area contributed by atoms with E-state index in [1.807, 2.05) is 0 Å². The molecule has 0 radical (unpaired) electrons. The molecule has 1 aliphatic carbocycles. The van der Waals surface area contributed by atoms with Crippen LogP contribution in [0.1, 0.15) is 24.8 Å². The quantitative estimate of drug-likeness (QED) is 0.621. The van der Waals surface area contributed by atoms with E-state index in [9.17, 15) is 9.50 Å². The molecule has 0 amide bonds. The largest absolute Gasteiger partial charge is 0.378 e. The first-order valence-corrected chi connectivity index (χ1v) is 4.69. The highest BCUT2D eigenvalue weighted by molar-refractivity contribution is 5.37. The summed E-state index contributed by atoms with van der Waals surface area (Å²) in [5.74, 6) is 5.27. The van der Waals surface area contributed by atoms with Crippen LogP contribution in [0.3, 0.4) is 0 Å². The first-order chi connectivity index (χ1) is 6.68. The molecular weight excluding hydrogens is 179 g/mol. The fourth-order valence-electron chi connectivity index (χ4n) is 1.39. The zero-order valence-corrected chi connectivity index (χ0v) is 7.76. The summed E-state index contributed by atoms with van der Waals surface area (Å²) in [6, 6.07) is 6.10. The van der Waals surface area contributed by atoms with Crippen LogP contribution in [0.2, 0.25) is 0 Å². The molecule has 0 saturated heterocycles. The minimum atomic E-state index is -0.813. The molecule has 0 unspecified atom stereocenters. The maximum Gasteiger partial charge on any atom is 0.125 e. The van der Waals surface area contributed by atoms with Crippen molar-refractivity contribution in [1.29, 1.82) is 0 Å². The van der Waals surface area contributed by atoms with Crippen LogP contribution < -0.4 is 0 Å². The fraction of sp³-hybridized carbons (Fsp3) is 0.333.